The van der Waals surface area contributed by atoms with E-state index < -0.39 is 0 Å². The predicted octanol–water partition coefficient (Wildman–Crippen LogP) is 1.75. The highest BCUT2D eigenvalue weighted by Crippen LogP contribution is 2.29. The minimum Gasteiger partial charge on any atom is -0.376 e. The maximum absolute atomic E-state index is 4.20. The highest BCUT2D eigenvalue weighted by molar-refractivity contribution is 5.69. The molecule has 2 heterocycles. The molecule has 2 rings (SSSR count). The van der Waals surface area contributed by atoms with Crippen LogP contribution in [-0.4, -0.2) is 32.2 Å². The molecule has 1 aliphatic heterocycles. The van der Waals surface area contributed by atoms with E-state index in [1.54, 1.807) is 0 Å². The summed E-state index contributed by atoms with van der Waals surface area (Å²) in [5.41, 5.74) is 2.54. The van der Waals surface area contributed by atoms with Crippen LogP contribution in [0.5, 0.6) is 0 Å². The summed E-state index contributed by atoms with van der Waals surface area (Å²) in [5.74, 6) is 0. The molecule has 1 saturated heterocycles. The molecule has 0 aliphatic carbocycles. The van der Waals surface area contributed by atoms with Crippen LogP contribution in [0.15, 0.2) is 18.5 Å². The van der Waals surface area contributed by atoms with E-state index in [0.29, 0.717) is 0 Å². The van der Waals surface area contributed by atoms with Gasteiger partial charge in [-0.15, -0.1) is 0 Å². The van der Waals surface area contributed by atoms with Gasteiger partial charge >= 0.3 is 0 Å². The van der Waals surface area contributed by atoms with Crippen LogP contribution in [0.2, 0.25) is 0 Å². The van der Waals surface area contributed by atoms with Gasteiger partial charge in [0.1, 0.15) is 0 Å². The Bertz CT molecular complexity index is 303. The second kappa shape index (κ2) is 3.86. The van der Waals surface area contributed by atoms with Crippen LogP contribution in [-0.2, 0) is 0 Å². The Morgan fingerprint density at radius 1 is 1.29 bits per heavy atom. The third-order valence-corrected chi connectivity index (χ3v) is 2.71. The molecule has 14 heavy (non-hydrogen) atoms. The first-order valence-electron chi connectivity index (χ1n) is 5.15. The van der Waals surface area contributed by atoms with Gasteiger partial charge in [0.25, 0.3) is 0 Å². The zero-order valence-corrected chi connectivity index (χ0v) is 8.90. The fourth-order valence-corrected chi connectivity index (χ4v) is 1.96. The SMILES string of the molecule is CN(C)c1ccncc1N1CCCC1. The summed E-state index contributed by atoms with van der Waals surface area (Å²) in [5, 5.41) is 0. The van der Waals surface area contributed by atoms with Crippen LogP contribution in [0.3, 0.4) is 0 Å². The van der Waals surface area contributed by atoms with Crippen LogP contribution in [0.1, 0.15) is 12.8 Å². The van der Waals surface area contributed by atoms with Gasteiger partial charge in [-0.3, -0.25) is 4.98 Å². The van der Waals surface area contributed by atoms with Crippen molar-refractivity contribution >= 4 is 11.4 Å². The fourth-order valence-electron chi connectivity index (χ4n) is 1.96. The molecule has 0 saturated carbocycles. The van der Waals surface area contributed by atoms with E-state index >= 15 is 0 Å². The van der Waals surface area contributed by atoms with E-state index in [-0.39, 0.29) is 0 Å². The largest absolute Gasteiger partial charge is 0.376 e. The highest BCUT2D eigenvalue weighted by atomic mass is 15.2. The first-order valence-corrected chi connectivity index (χ1v) is 5.15. The first kappa shape index (κ1) is 9.31. The molecule has 1 aromatic rings. The van der Waals surface area contributed by atoms with Gasteiger partial charge < -0.3 is 9.80 Å². The van der Waals surface area contributed by atoms with E-state index in [1.165, 1.54) is 37.3 Å². The molecule has 0 aromatic carbocycles. The Kier molecular flexibility index (Phi) is 2.57. The monoisotopic (exact) mass is 191 g/mol. The lowest BCUT2D eigenvalue weighted by atomic mass is 10.3. The van der Waals surface area contributed by atoms with Crippen LogP contribution >= 0.6 is 0 Å². The second-order valence-electron chi connectivity index (χ2n) is 3.95. The van der Waals surface area contributed by atoms with Gasteiger partial charge in [0.2, 0.25) is 0 Å². The van der Waals surface area contributed by atoms with E-state index in [0.717, 1.165) is 0 Å². The molecule has 76 valence electrons. The van der Waals surface area contributed by atoms with Gasteiger partial charge in [-0.2, -0.15) is 0 Å². The van der Waals surface area contributed by atoms with Gasteiger partial charge in [0.05, 0.1) is 17.6 Å². The molecule has 0 N–H and O–H groups in total. The highest BCUT2D eigenvalue weighted by Gasteiger charge is 2.16. The Hall–Kier alpha value is -1.25. The van der Waals surface area contributed by atoms with Crippen molar-refractivity contribution < 1.29 is 0 Å². The van der Waals surface area contributed by atoms with Crippen LogP contribution in [0, 0.1) is 0 Å². The van der Waals surface area contributed by atoms with Gasteiger partial charge in [-0.25, -0.2) is 0 Å². The first-order chi connectivity index (χ1) is 6.79. The quantitative estimate of drug-likeness (QED) is 0.710. The Morgan fingerprint density at radius 3 is 2.64 bits per heavy atom. The van der Waals surface area contributed by atoms with Crippen molar-refractivity contribution in [3.05, 3.63) is 18.5 Å². The zero-order valence-electron chi connectivity index (χ0n) is 8.90. The molecule has 0 spiro atoms. The van der Waals surface area contributed by atoms with Crippen LogP contribution < -0.4 is 9.80 Å². The predicted molar refractivity (Wildman–Crippen MR) is 60.0 cm³/mol. The molecule has 3 nitrogen and oxygen atoms in total. The van der Waals surface area contributed by atoms with Crippen molar-refractivity contribution in [2.45, 2.75) is 12.8 Å². The molecule has 0 radical (unpaired) electrons. The van der Waals surface area contributed by atoms with Gasteiger partial charge in [-0.05, 0) is 18.9 Å². The average Bonchev–Trinajstić information content (AvgIpc) is 2.70. The lowest BCUT2D eigenvalue weighted by Crippen LogP contribution is -2.21. The van der Waals surface area contributed by atoms with E-state index in [1.807, 2.05) is 12.4 Å². The molecule has 1 fully saturated rings. The van der Waals surface area contributed by atoms with Crippen molar-refractivity contribution in [1.29, 1.82) is 0 Å². The van der Waals surface area contributed by atoms with Crippen LogP contribution in [0.25, 0.3) is 0 Å². The number of aromatic nitrogens is 1. The number of nitrogens with zero attached hydrogens (tertiary/aromatic N) is 3. The molecule has 0 unspecified atom stereocenters. The summed E-state index contributed by atoms with van der Waals surface area (Å²) < 4.78 is 0. The Labute approximate surface area is 85.4 Å². The maximum atomic E-state index is 4.20. The van der Waals surface area contributed by atoms with Crippen molar-refractivity contribution in [1.82, 2.24) is 4.98 Å². The third-order valence-electron chi connectivity index (χ3n) is 2.71. The van der Waals surface area contributed by atoms with Gasteiger partial charge in [0.15, 0.2) is 0 Å². The lowest BCUT2D eigenvalue weighted by Gasteiger charge is -2.24. The Balaban J connectivity index is 2.30. The van der Waals surface area contributed by atoms with Crippen molar-refractivity contribution in [2.75, 3.05) is 37.0 Å². The van der Waals surface area contributed by atoms with Crippen LogP contribution in [0.4, 0.5) is 11.4 Å². The smallest absolute Gasteiger partial charge is 0.0790 e. The Morgan fingerprint density at radius 2 is 2.00 bits per heavy atom. The number of rotatable bonds is 2. The van der Waals surface area contributed by atoms with E-state index in [9.17, 15) is 0 Å². The zero-order chi connectivity index (χ0) is 9.97. The molecule has 0 amide bonds. The van der Waals surface area contributed by atoms with Crippen molar-refractivity contribution in [2.24, 2.45) is 0 Å². The summed E-state index contributed by atoms with van der Waals surface area (Å²) in [6, 6.07) is 2.08. The maximum Gasteiger partial charge on any atom is 0.0790 e. The van der Waals surface area contributed by atoms with Crippen molar-refractivity contribution in [3.8, 4) is 0 Å². The fraction of sp³-hybridized carbons (Fsp3) is 0.545. The second-order valence-corrected chi connectivity index (χ2v) is 3.95. The molecular weight excluding hydrogens is 174 g/mol. The molecule has 0 atom stereocenters. The number of hydrogen-bond donors (Lipinski definition) is 0. The summed E-state index contributed by atoms with van der Waals surface area (Å²) in [6.45, 7) is 2.35. The molecule has 3 heteroatoms. The molecular formula is C11H17N3. The summed E-state index contributed by atoms with van der Waals surface area (Å²) >= 11 is 0. The van der Waals surface area contributed by atoms with Gasteiger partial charge in [0, 0.05) is 33.4 Å². The minimum absolute atomic E-state index is 1.17. The molecule has 1 aliphatic rings. The van der Waals surface area contributed by atoms with E-state index in [2.05, 4.69) is 34.9 Å². The standard InChI is InChI=1S/C11H17N3/c1-13(2)10-5-6-12-9-11(10)14-7-3-4-8-14/h5-6,9H,3-4,7-8H2,1-2H3. The normalized spacial score (nSPS) is 16.0. The topological polar surface area (TPSA) is 19.4 Å². The van der Waals surface area contributed by atoms with Gasteiger partial charge in [-0.1, -0.05) is 0 Å². The summed E-state index contributed by atoms with van der Waals surface area (Å²) in [4.78, 5) is 8.77. The van der Waals surface area contributed by atoms with E-state index in [4.69, 9.17) is 0 Å². The third kappa shape index (κ3) is 1.67. The summed E-state index contributed by atoms with van der Waals surface area (Å²) in [7, 11) is 4.16. The van der Waals surface area contributed by atoms with Crippen molar-refractivity contribution in [3.63, 3.8) is 0 Å². The summed E-state index contributed by atoms with van der Waals surface area (Å²) in [6.07, 6.45) is 6.44. The average molecular weight is 191 g/mol. The lowest BCUT2D eigenvalue weighted by molar-refractivity contribution is 0.949. The number of anilines is 2. The molecule has 1 aromatic heterocycles. The number of hydrogen-bond acceptors (Lipinski definition) is 3. The number of pyridine rings is 1. The minimum atomic E-state index is 1.17. The molecule has 0 bridgehead atoms.